The number of benzene rings is 1. The maximum Gasteiger partial charge on any atom is 0.122 e. The molecule has 2 rings (SSSR count). The summed E-state index contributed by atoms with van der Waals surface area (Å²) in [7, 11) is 0. The highest BCUT2D eigenvalue weighted by Crippen LogP contribution is 2.32. The molecule has 1 aromatic carbocycles. The van der Waals surface area contributed by atoms with Gasteiger partial charge < -0.3 is 10.1 Å². The van der Waals surface area contributed by atoms with Crippen LogP contribution in [-0.4, -0.2) is 19.7 Å². The molecule has 0 saturated carbocycles. The van der Waals surface area contributed by atoms with E-state index in [1.807, 2.05) is 19.1 Å². The monoisotopic (exact) mass is 203 g/mol. The topological polar surface area (TPSA) is 21.3 Å². The average molecular weight is 203 g/mol. The van der Waals surface area contributed by atoms with Crippen LogP contribution in [0.4, 0.5) is 0 Å². The van der Waals surface area contributed by atoms with Gasteiger partial charge in [0, 0.05) is 24.6 Å². The maximum absolute atomic E-state index is 5.61. The molecule has 1 N–H and O–H groups in total. The standard InChI is InChI=1S/C13H17NO/c1-10(2)7-14-8-11-9-15-13-6-4-3-5-12(11)13/h3-6,11,14H,1,7-9H2,2H3. The lowest BCUT2D eigenvalue weighted by Gasteiger charge is -2.10. The van der Waals surface area contributed by atoms with E-state index in [1.165, 1.54) is 11.1 Å². The van der Waals surface area contributed by atoms with E-state index in [4.69, 9.17) is 4.74 Å². The second-order valence-corrected chi connectivity index (χ2v) is 4.13. The van der Waals surface area contributed by atoms with Gasteiger partial charge in [-0.3, -0.25) is 0 Å². The van der Waals surface area contributed by atoms with E-state index in [-0.39, 0.29) is 0 Å². The van der Waals surface area contributed by atoms with Crippen molar-refractivity contribution < 1.29 is 4.74 Å². The molecule has 0 fully saturated rings. The van der Waals surface area contributed by atoms with E-state index in [0.29, 0.717) is 5.92 Å². The molecule has 0 amide bonds. The van der Waals surface area contributed by atoms with E-state index in [9.17, 15) is 0 Å². The first-order valence-electron chi connectivity index (χ1n) is 5.34. The highest BCUT2D eigenvalue weighted by molar-refractivity contribution is 5.39. The fourth-order valence-corrected chi connectivity index (χ4v) is 1.86. The third-order valence-electron chi connectivity index (χ3n) is 2.62. The molecule has 80 valence electrons. The van der Waals surface area contributed by atoms with Crippen LogP contribution in [0.1, 0.15) is 18.4 Å². The highest BCUT2D eigenvalue weighted by Gasteiger charge is 2.22. The first-order valence-corrected chi connectivity index (χ1v) is 5.34. The molecule has 1 atom stereocenters. The lowest BCUT2D eigenvalue weighted by Crippen LogP contribution is -2.23. The Hall–Kier alpha value is -1.28. The summed E-state index contributed by atoms with van der Waals surface area (Å²) in [6, 6.07) is 8.27. The number of fused-ring (bicyclic) bond motifs is 1. The summed E-state index contributed by atoms with van der Waals surface area (Å²) in [5.74, 6) is 1.53. The number of hydrogen-bond acceptors (Lipinski definition) is 2. The highest BCUT2D eigenvalue weighted by atomic mass is 16.5. The van der Waals surface area contributed by atoms with Gasteiger partial charge in [-0.15, -0.1) is 0 Å². The quantitative estimate of drug-likeness (QED) is 0.758. The number of hydrogen-bond donors (Lipinski definition) is 1. The second-order valence-electron chi connectivity index (χ2n) is 4.13. The van der Waals surface area contributed by atoms with Gasteiger partial charge in [-0.2, -0.15) is 0 Å². The van der Waals surface area contributed by atoms with Crippen LogP contribution in [0.2, 0.25) is 0 Å². The van der Waals surface area contributed by atoms with Gasteiger partial charge in [0.2, 0.25) is 0 Å². The molecule has 0 saturated heterocycles. The Bertz CT molecular complexity index is 359. The smallest absolute Gasteiger partial charge is 0.122 e. The molecule has 0 aliphatic carbocycles. The van der Waals surface area contributed by atoms with E-state index in [0.717, 1.165) is 25.4 Å². The minimum atomic E-state index is 0.487. The fourth-order valence-electron chi connectivity index (χ4n) is 1.86. The molecular weight excluding hydrogens is 186 g/mol. The molecule has 2 nitrogen and oxygen atoms in total. The molecule has 0 spiro atoms. The van der Waals surface area contributed by atoms with E-state index < -0.39 is 0 Å². The predicted molar refractivity (Wildman–Crippen MR) is 62.4 cm³/mol. The zero-order chi connectivity index (χ0) is 10.7. The number of ether oxygens (including phenoxy) is 1. The second kappa shape index (κ2) is 4.49. The van der Waals surface area contributed by atoms with Crippen molar-refractivity contribution in [1.29, 1.82) is 0 Å². The first-order chi connectivity index (χ1) is 7.27. The van der Waals surface area contributed by atoms with Crippen LogP contribution in [0, 0.1) is 0 Å². The van der Waals surface area contributed by atoms with Crippen LogP contribution < -0.4 is 10.1 Å². The van der Waals surface area contributed by atoms with E-state index in [1.54, 1.807) is 0 Å². The summed E-state index contributed by atoms with van der Waals surface area (Å²) in [5.41, 5.74) is 2.49. The minimum Gasteiger partial charge on any atom is -0.493 e. The van der Waals surface area contributed by atoms with Crippen LogP contribution in [0.25, 0.3) is 0 Å². The summed E-state index contributed by atoms with van der Waals surface area (Å²) in [4.78, 5) is 0. The Balaban J connectivity index is 1.93. The zero-order valence-electron chi connectivity index (χ0n) is 9.12. The van der Waals surface area contributed by atoms with Gasteiger partial charge in [0.25, 0.3) is 0 Å². The summed E-state index contributed by atoms with van der Waals surface area (Å²) in [6.07, 6.45) is 0. The van der Waals surface area contributed by atoms with E-state index in [2.05, 4.69) is 24.0 Å². The normalized spacial score (nSPS) is 18.3. The molecule has 1 heterocycles. The molecular formula is C13H17NO. The Morgan fingerprint density at radius 3 is 3.13 bits per heavy atom. The van der Waals surface area contributed by atoms with Crippen molar-refractivity contribution in [2.24, 2.45) is 0 Å². The molecule has 1 aliphatic rings. The zero-order valence-corrected chi connectivity index (χ0v) is 9.12. The Morgan fingerprint density at radius 2 is 2.33 bits per heavy atom. The van der Waals surface area contributed by atoms with Crippen molar-refractivity contribution in [2.75, 3.05) is 19.7 Å². The van der Waals surface area contributed by atoms with Crippen LogP contribution >= 0.6 is 0 Å². The van der Waals surface area contributed by atoms with Gasteiger partial charge in [-0.25, -0.2) is 0 Å². The molecule has 2 heteroatoms. The van der Waals surface area contributed by atoms with Gasteiger partial charge in [-0.05, 0) is 13.0 Å². The van der Waals surface area contributed by atoms with Gasteiger partial charge >= 0.3 is 0 Å². The largest absolute Gasteiger partial charge is 0.493 e. The number of para-hydroxylation sites is 1. The maximum atomic E-state index is 5.61. The number of nitrogens with one attached hydrogen (secondary N) is 1. The summed E-state index contributed by atoms with van der Waals surface area (Å²) < 4.78 is 5.61. The minimum absolute atomic E-state index is 0.487. The van der Waals surface area contributed by atoms with Gasteiger partial charge in [-0.1, -0.05) is 30.4 Å². The summed E-state index contributed by atoms with van der Waals surface area (Å²) >= 11 is 0. The van der Waals surface area contributed by atoms with Gasteiger partial charge in [0.1, 0.15) is 5.75 Å². The lowest BCUT2D eigenvalue weighted by atomic mass is 10.0. The Kier molecular flexibility index (Phi) is 3.07. The summed E-state index contributed by atoms with van der Waals surface area (Å²) in [6.45, 7) is 8.55. The van der Waals surface area contributed by atoms with Crippen molar-refractivity contribution in [3.05, 3.63) is 42.0 Å². The Morgan fingerprint density at radius 1 is 1.53 bits per heavy atom. The van der Waals surface area contributed by atoms with Crippen molar-refractivity contribution in [2.45, 2.75) is 12.8 Å². The van der Waals surface area contributed by atoms with Crippen LogP contribution in [0.15, 0.2) is 36.4 Å². The third-order valence-corrected chi connectivity index (χ3v) is 2.62. The molecule has 1 aromatic rings. The van der Waals surface area contributed by atoms with Crippen molar-refractivity contribution in [3.8, 4) is 5.75 Å². The molecule has 0 radical (unpaired) electrons. The van der Waals surface area contributed by atoms with Gasteiger partial charge in [0.15, 0.2) is 0 Å². The molecule has 0 bridgehead atoms. The SMILES string of the molecule is C=C(C)CNCC1COc2ccccc21. The molecule has 1 unspecified atom stereocenters. The Labute approximate surface area is 91.0 Å². The fraction of sp³-hybridized carbons (Fsp3) is 0.385. The van der Waals surface area contributed by atoms with Crippen LogP contribution in [0.5, 0.6) is 5.75 Å². The summed E-state index contributed by atoms with van der Waals surface area (Å²) in [5, 5.41) is 3.39. The predicted octanol–water partition coefficient (Wildman–Crippen LogP) is 2.33. The van der Waals surface area contributed by atoms with E-state index >= 15 is 0 Å². The van der Waals surface area contributed by atoms with Crippen molar-refractivity contribution in [1.82, 2.24) is 5.32 Å². The molecule has 1 aliphatic heterocycles. The first kappa shape index (κ1) is 10.2. The molecule has 15 heavy (non-hydrogen) atoms. The average Bonchev–Trinajstić information content (AvgIpc) is 2.62. The third kappa shape index (κ3) is 2.39. The van der Waals surface area contributed by atoms with Gasteiger partial charge in [0.05, 0.1) is 6.61 Å². The lowest BCUT2D eigenvalue weighted by molar-refractivity contribution is 0.327. The van der Waals surface area contributed by atoms with Crippen LogP contribution in [0.3, 0.4) is 0 Å². The van der Waals surface area contributed by atoms with Crippen molar-refractivity contribution >= 4 is 0 Å². The number of rotatable bonds is 4. The molecule has 0 aromatic heterocycles. The van der Waals surface area contributed by atoms with Crippen LogP contribution in [-0.2, 0) is 0 Å². The van der Waals surface area contributed by atoms with Crippen molar-refractivity contribution in [3.63, 3.8) is 0 Å².